The molecule has 0 bridgehead atoms. The van der Waals surface area contributed by atoms with Gasteiger partial charge >= 0.3 is 5.97 Å². The van der Waals surface area contributed by atoms with Gasteiger partial charge in [0.05, 0.1) is 21.7 Å². The van der Waals surface area contributed by atoms with E-state index in [0.29, 0.717) is 11.3 Å². The molecule has 0 spiro atoms. The zero-order chi connectivity index (χ0) is 28.2. The summed E-state index contributed by atoms with van der Waals surface area (Å²) < 4.78 is 35.6. The molecule has 10 heteroatoms. The summed E-state index contributed by atoms with van der Waals surface area (Å²) in [6.45, 7) is 8.24. The highest BCUT2D eigenvalue weighted by molar-refractivity contribution is 7.89. The number of nitrogens with zero attached hydrogens (tertiary/aromatic N) is 3. The number of ether oxygens (including phenoxy) is 1. The van der Waals surface area contributed by atoms with E-state index in [9.17, 15) is 18.0 Å². The number of benzene rings is 3. The number of esters is 1. The van der Waals surface area contributed by atoms with Crippen molar-refractivity contribution < 1.29 is 22.7 Å². The van der Waals surface area contributed by atoms with Crippen LogP contribution in [-0.2, 0) is 32.6 Å². The summed E-state index contributed by atoms with van der Waals surface area (Å²) in [7, 11) is -3.76. The number of carbonyl (C=O) groups is 2. The summed E-state index contributed by atoms with van der Waals surface area (Å²) >= 11 is 1.31. The third kappa shape index (κ3) is 6.35. The van der Waals surface area contributed by atoms with Crippen LogP contribution in [0.4, 0.5) is 0 Å². The van der Waals surface area contributed by atoms with Crippen LogP contribution in [0.3, 0.4) is 0 Å². The third-order valence-electron chi connectivity index (χ3n) is 6.38. The van der Waals surface area contributed by atoms with Crippen molar-refractivity contribution in [2.24, 2.45) is 4.99 Å². The van der Waals surface area contributed by atoms with Gasteiger partial charge in [0, 0.05) is 18.7 Å². The minimum absolute atomic E-state index is 0.0755. The zero-order valence-electron chi connectivity index (χ0n) is 22.4. The Kier molecular flexibility index (Phi) is 8.79. The fourth-order valence-corrected chi connectivity index (χ4v) is 6.66. The van der Waals surface area contributed by atoms with Crippen LogP contribution in [0.1, 0.15) is 40.9 Å². The maximum Gasteiger partial charge on any atom is 0.326 e. The molecular formula is C29H31N3O5S2. The first kappa shape index (κ1) is 28.4. The SMILES string of the molecule is CCOC(=O)Cn1c(=NC(=O)c2ccc(S(=O)(=O)N(CC)Cc3ccccc3)cc2)sc2cc(C)c(C)cc21. The molecule has 0 saturated carbocycles. The molecule has 4 rings (SSSR count). The first-order valence-corrected chi connectivity index (χ1v) is 14.9. The van der Waals surface area contributed by atoms with E-state index in [0.717, 1.165) is 26.9 Å². The van der Waals surface area contributed by atoms with Gasteiger partial charge in [-0.3, -0.25) is 9.59 Å². The number of hydrogen-bond donors (Lipinski definition) is 0. The van der Waals surface area contributed by atoms with Crippen molar-refractivity contribution in [2.75, 3.05) is 13.2 Å². The average Bonchev–Trinajstić information content (AvgIpc) is 3.23. The number of rotatable bonds is 9. The molecule has 0 fully saturated rings. The molecular weight excluding hydrogens is 534 g/mol. The molecule has 0 aliphatic rings. The molecule has 0 saturated heterocycles. The molecule has 0 aliphatic heterocycles. The second kappa shape index (κ2) is 12.1. The number of fused-ring (bicyclic) bond motifs is 1. The van der Waals surface area contributed by atoms with E-state index in [-0.39, 0.29) is 30.2 Å². The highest BCUT2D eigenvalue weighted by atomic mass is 32.2. The lowest BCUT2D eigenvalue weighted by atomic mass is 10.1. The minimum Gasteiger partial charge on any atom is -0.465 e. The number of thiazole rings is 1. The first-order valence-electron chi connectivity index (χ1n) is 12.6. The molecule has 8 nitrogen and oxygen atoms in total. The van der Waals surface area contributed by atoms with Crippen LogP contribution < -0.4 is 4.80 Å². The molecule has 0 aliphatic carbocycles. The lowest BCUT2D eigenvalue weighted by Crippen LogP contribution is -2.30. The van der Waals surface area contributed by atoms with Crippen molar-refractivity contribution in [1.82, 2.24) is 8.87 Å². The highest BCUT2D eigenvalue weighted by Crippen LogP contribution is 2.23. The van der Waals surface area contributed by atoms with Crippen molar-refractivity contribution in [1.29, 1.82) is 0 Å². The Labute approximate surface area is 232 Å². The van der Waals surface area contributed by atoms with Crippen molar-refractivity contribution in [3.8, 4) is 0 Å². The van der Waals surface area contributed by atoms with Crippen molar-refractivity contribution in [3.63, 3.8) is 0 Å². The van der Waals surface area contributed by atoms with Gasteiger partial charge in [-0.25, -0.2) is 8.42 Å². The average molecular weight is 566 g/mol. The molecule has 0 unspecified atom stereocenters. The summed E-state index contributed by atoms with van der Waals surface area (Å²) in [4.78, 5) is 30.2. The van der Waals surface area contributed by atoms with E-state index in [1.54, 1.807) is 18.4 Å². The summed E-state index contributed by atoms with van der Waals surface area (Å²) in [5, 5.41) is 0. The van der Waals surface area contributed by atoms with Crippen LogP contribution in [0.25, 0.3) is 10.2 Å². The number of carbonyl (C=O) groups excluding carboxylic acids is 2. The second-order valence-corrected chi connectivity index (χ2v) is 12.0. The fraction of sp³-hybridized carbons (Fsp3) is 0.276. The molecule has 0 radical (unpaired) electrons. The maximum atomic E-state index is 13.3. The lowest BCUT2D eigenvalue weighted by molar-refractivity contribution is -0.143. The van der Waals surface area contributed by atoms with Crippen molar-refractivity contribution in [3.05, 3.63) is 93.8 Å². The topological polar surface area (TPSA) is 98.0 Å². The highest BCUT2D eigenvalue weighted by Gasteiger charge is 2.23. The van der Waals surface area contributed by atoms with Crippen LogP contribution >= 0.6 is 11.3 Å². The Hall–Kier alpha value is -3.60. The largest absolute Gasteiger partial charge is 0.465 e. The van der Waals surface area contributed by atoms with E-state index in [1.807, 2.05) is 56.3 Å². The predicted octanol–water partition coefficient (Wildman–Crippen LogP) is 4.83. The maximum absolute atomic E-state index is 13.3. The molecule has 0 N–H and O–H groups in total. The standard InChI is InChI=1S/C29H31N3O5S2/c1-5-31(18-22-10-8-7-9-11-22)39(35,36)24-14-12-23(13-15-24)28(34)30-29-32(19-27(33)37-6-2)25-16-20(3)21(4)17-26(25)38-29/h7-17H,5-6,18-19H2,1-4H3. The van der Waals surface area contributed by atoms with Crippen molar-refractivity contribution in [2.45, 2.75) is 45.7 Å². The van der Waals surface area contributed by atoms with Gasteiger partial charge in [-0.2, -0.15) is 9.30 Å². The van der Waals surface area contributed by atoms with Gasteiger partial charge in [0.25, 0.3) is 5.91 Å². The van der Waals surface area contributed by atoms with E-state index in [1.165, 1.54) is 39.9 Å². The van der Waals surface area contributed by atoms with E-state index < -0.39 is 21.9 Å². The molecule has 1 heterocycles. The Morgan fingerprint density at radius 3 is 2.28 bits per heavy atom. The fourth-order valence-electron chi connectivity index (χ4n) is 4.12. The van der Waals surface area contributed by atoms with E-state index in [2.05, 4.69) is 4.99 Å². The Bertz CT molecular complexity index is 1670. The lowest BCUT2D eigenvalue weighted by Gasteiger charge is -2.20. The molecule has 204 valence electrons. The molecule has 4 aromatic rings. The van der Waals surface area contributed by atoms with Crippen LogP contribution in [-0.4, -0.2) is 42.3 Å². The number of aromatic nitrogens is 1. The minimum atomic E-state index is -3.76. The Balaban J connectivity index is 1.65. The summed E-state index contributed by atoms with van der Waals surface area (Å²) in [5.74, 6) is -0.956. The van der Waals surface area contributed by atoms with Gasteiger partial charge in [-0.1, -0.05) is 48.6 Å². The van der Waals surface area contributed by atoms with Gasteiger partial charge < -0.3 is 9.30 Å². The summed E-state index contributed by atoms with van der Waals surface area (Å²) in [6.07, 6.45) is 0. The summed E-state index contributed by atoms with van der Waals surface area (Å²) in [6, 6.07) is 19.1. The number of hydrogen-bond acceptors (Lipinski definition) is 6. The molecule has 39 heavy (non-hydrogen) atoms. The number of amides is 1. The van der Waals surface area contributed by atoms with Gasteiger partial charge in [-0.05, 0) is 73.9 Å². The normalized spacial score (nSPS) is 12.3. The summed E-state index contributed by atoms with van der Waals surface area (Å²) in [5.41, 5.74) is 4.07. The first-order chi connectivity index (χ1) is 18.6. The molecule has 1 amide bonds. The van der Waals surface area contributed by atoms with Crippen LogP contribution in [0.5, 0.6) is 0 Å². The Morgan fingerprint density at radius 1 is 0.974 bits per heavy atom. The monoisotopic (exact) mass is 565 g/mol. The van der Waals surface area contributed by atoms with E-state index >= 15 is 0 Å². The third-order valence-corrected chi connectivity index (χ3v) is 9.36. The zero-order valence-corrected chi connectivity index (χ0v) is 24.0. The predicted molar refractivity (Wildman–Crippen MR) is 152 cm³/mol. The van der Waals surface area contributed by atoms with Crippen LogP contribution in [0.2, 0.25) is 0 Å². The van der Waals surface area contributed by atoms with E-state index in [4.69, 9.17) is 4.74 Å². The number of sulfonamides is 1. The molecule has 3 aromatic carbocycles. The van der Waals surface area contributed by atoms with Crippen LogP contribution in [0, 0.1) is 13.8 Å². The van der Waals surface area contributed by atoms with Crippen molar-refractivity contribution >= 4 is 43.5 Å². The molecule has 0 atom stereocenters. The van der Waals surface area contributed by atoms with Gasteiger partial charge in [0.15, 0.2) is 4.80 Å². The molecule has 1 aromatic heterocycles. The quantitative estimate of drug-likeness (QED) is 0.271. The Morgan fingerprint density at radius 2 is 1.64 bits per heavy atom. The van der Waals surface area contributed by atoms with Gasteiger partial charge in [0.2, 0.25) is 10.0 Å². The van der Waals surface area contributed by atoms with Gasteiger partial charge in [0.1, 0.15) is 6.54 Å². The smallest absolute Gasteiger partial charge is 0.326 e. The number of aryl methyl sites for hydroxylation is 2. The van der Waals surface area contributed by atoms with Crippen LogP contribution in [0.15, 0.2) is 76.6 Å². The second-order valence-electron chi connectivity index (χ2n) is 9.04. The van der Waals surface area contributed by atoms with Gasteiger partial charge in [-0.15, -0.1) is 0 Å².